The Morgan fingerprint density at radius 2 is 1.84 bits per heavy atom. The lowest BCUT2D eigenvalue weighted by Crippen LogP contribution is -2.58. The summed E-state index contributed by atoms with van der Waals surface area (Å²) in [7, 11) is 0. The molecule has 2 heterocycles. The lowest BCUT2D eigenvalue weighted by atomic mass is 9.96. The van der Waals surface area contributed by atoms with E-state index in [-0.39, 0.29) is 17.7 Å². The van der Waals surface area contributed by atoms with Crippen LogP contribution in [0, 0.1) is 11.3 Å². The van der Waals surface area contributed by atoms with Gasteiger partial charge in [0, 0.05) is 47.9 Å². The molecule has 0 bridgehead atoms. The van der Waals surface area contributed by atoms with E-state index >= 15 is 0 Å². The molecule has 1 aliphatic rings. The number of aromatic nitrogens is 1. The van der Waals surface area contributed by atoms with Crippen LogP contribution >= 0.6 is 0 Å². The number of likely N-dealkylation sites (tertiary alicyclic amines) is 1. The van der Waals surface area contributed by atoms with Crippen molar-refractivity contribution in [2.45, 2.75) is 25.4 Å². The fourth-order valence-corrected chi connectivity index (χ4v) is 4.93. The topological polar surface area (TPSA) is 101 Å². The molecule has 1 amide bonds. The van der Waals surface area contributed by atoms with Crippen LogP contribution in [-0.4, -0.2) is 53.8 Å². The van der Waals surface area contributed by atoms with Crippen molar-refractivity contribution in [2.24, 2.45) is 0 Å². The molecule has 0 saturated carbocycles. The summed E-state index contributed by atoms with van der Waals surface area (Å²) in [6.07, 6.45) is 2.46. The average Bonchev–Trinajstić information content (AvgIpc) is 3.36. The van der Waals surface area contributed by atoms with E-state index in [1.165, 1.54) is 0 Å². The van der Waals surface area contributed by atoms with E-state index in [1.807, 2.05) is 66.7 Å². The molecular weight excluding hydrogens is 474 g/mol. The monoisotopic (exact) mass is 505 g/mol. The number of nitrogens with zero attached hydrogens (tertiary/aromatic N) is 2. The zero-order valence-corrected chi connectivity index (χ0v) is 21.4. The Kier molecular flexibility index (Phi) is 7.64. The number of carbonyl (C=O) groups excluding carboxylic acids is 2. The molecule has 0 spiro atoms. The summed E-state index contributed by atoms with van der Waals surface area (Å²) >= 11 is 0. The molecule has 1 unspecified atom stereocenters. The fraction of sp³-hybridized carbons (Fsp3) is 0.258. The number of carbonyl (C=O) groups is 2. The number of amides is 1. The summed E-state index contributed by atoms with van der Waals surface area (Å²) in [5, 5.41) is 16.3. The Labute approximate surface area is 222 Å². The number of benzene rings is 3. The first-order valence-corrected chi connectivity index (χ1v) is 13.0. The SMILES string of the molecule is CCN1CC(NC(=O)c2ccc3c(C(=O)C(NCCc4ccc(C#N)cc4)c4ccccc4)c[nH]c3c2)C1. The van der Waals surface area contributed by atoms with E-state index in [9.17, 15) is 9.59 Å². The van der Waals surface area contributed by atoms with Gasteiger partial charge in [-0.25, -0.2) is 0 Å². The number of fused-ring (bicyclic) bond motifs is 1. The van der Waals surface area contributed by atoms with Gasteiger partial charge in [0.1, 0.15) is 0 Å². The molecule has 5 rings (SSSR count). The van der Waals surface area contributed by atoms with Gasteiger partial charge in [-0.2, -0.15) is 5.26 Å². The van der Waals surface area contributed by atoms with Crippen molar-refractivity contribution in [3.63, 3.8) is 0 Å². The van der Waals surface area contributed by atoms with Gasteiger partial charge in [-0.1, -0.05) is 55.5 Å². The molecule has 0 aliphatic carbocycles. The Balaban J connectivity index is 1.31. The van der Waals surface area contributed by atoms with Gasteiger partial charge in [0.05, 0.1) is 23.7 Å². The largest absolute Gasteiger partial charge is 0.360 e. The molecule has 1 aliphatic heterocycles. The third-order valence-electron chi connectivity index (χ3n) is 7.19. The molecule has 3 aromatic carbocycles. The second-order valence-corrected chi connectivity index (χ2v) is 9.71. The van der Waals surface area contributed by atoms with Crippen LogP contribution in [0.5, 0.6) is 0 Å². The van der Waals surface area contributed by atoms with E-state index in [4.69, 9.17) is 5.26 Å². The Morgan fingerprint density at radius 3 is 2.55 bits per heavy atom. The van der Waals surface area contributed by atoms with E-state index in [0.717, 1.165) is 48.1 Å². The number of H-pyrrole nitrogens is 1. The highest BCUT2D eigenvalue weighted by Crippen LogP contribution is 2.26. The van der Waals surface area contributed by atoms with Crippen molar-refractivity contribution < 1.29 is 9.59 Å². The van der Waals surface area contributed by atoms with Gasteiger partial charge in [0.15, 0.2) is 5.78 Å². The molecule has 3 N–H and O–H groups in total. The summed E-state index contributed by atoms with van der Waals surface area (Å²) in [4.78, 5) is 32.0. The minimum atomic E-state index is -0.517. The molecule has 4 aromatic rings. The zero-order chi connectivity index (χ0) is 26.5. The van der Waals surface area contributed by atoms with Crippen LogP contribution in [0.4, 0.5) is 0 Å². The van der Waals surface area contributed by atoms with Crippen LogP contribution in [0.15, 0.2) is 79.0 Å². The Bertz CT molecular complexity index is 1460. The number of aromatic amines is 1. The normalized spacial score (nSPS) is 14.5. The maximum atomic E-state index is 13.8. The minimum Gasteiger partial charge on any atom is -0.360 e. The van der Waals surface area contributed by atoms with Gasteiger partial charge in [0.2, 0.25) is 0 Å². The number of likely N-dealkylation sites (N-methyl/N-ethyl adjacent to an activating group) is 1. The van der Waals surface area contributed by atoms with Gasteiger partial charge in [-0.15, -0.1) is 0 Å². The number of nitrogens with one attached hydrogen (secondary N) is 3. The third-order valence-corrected chi connectivity index (χ3v) is 7.19. The highest BCUT2D eigenvalue weighted by atomic mass is 16.1. The number of nitriles is 1. The lowest BCUT2D eigenvalue weighted by molar-refractivity contribution is 0.0824. The van der Waals surface area contributed by atoms with E-state index in [0.29, 0.717) is 23.2 Å². The van der Waals surface area contributed by atoms with Crippen LogP contribution in [-0.2, 0) is 6.42 Å². The fourth-order valence-electron chi connectivity index (χ4n) is 4.93. The van der Waals surface area contributed by atoms with E-state index in [1.54, 1.807) is 12.3 Å². The van der Waals surface area contributed by atoms with Crippen LogP contribution < -0.4 is 10.6 Å². The summed E-state index contributed by atoms with van der Waals surface area (Å²) < 4.78 is 0. The second-order valence-electron chi connectivity index (χ2n) is 9.71. The molecule has 1 atom stereocenters. The smallest absolute Gasteiger partial charge is 0.251 e. The maximum Gasteiger partial charge on any atom is 0.251 e. The summed E-state index contributed by atoms with van der Waals surface area (Å²) in [5.74, 6) is -0.129. The van der Waals surface area contributed by atoms with Crippen LogP contribution in [0.25, 0.3) is 10.9 Å². The van der Waals surface area contributed by atoms with Crippen molar-refractivity contribution in [3.8, 4) is 6.07 Å². The summed E-state index contributed by atoms with van der Waals surface area (Å²) in [5.41, 5.74) is 4.54. The summed E-state index contributed by atoms with van der Waals surface area (Å²) in [6.45, 7) is 5.46. The van der Waals surface area contributed by atoms with Gasteiger partial charge < -0.3 is 15.6 Å². The first-order chi connectivity index (χ1) is 18.6. The van der Waals surface area contributed by atoms with E-state index < -0.39 is 6.04 Å². The van der Waals surface area contributed by atoms with E-state index in [2.05, 4.69) is 33.5 Å². The van der Waals surface area contributed by atoms with Gasteiger partial charge in [-0.3, -0.25) is 14.5 Å². The molecule has 1 fully saturated rings. The van der Waals surface area contributed by atoms with Crippen LogP contribution in [0.1, 0.15) is 50.4 Å². The molecule has 1 aromatic heterocycles. The molecular formula is C31H31N5O2. The van der Waals surface area contributed by atoms with Crippen molar-refractivity contribution in [1.82, 2.24) is 20.5 Å². The summed E-state index contributed by atoms with van der Waals surface area (Å²) in [6, 6.07) is 24.5. The first kappa shape index (κ1) is 25.4. The number of ketones is 1. The highest BCUT2D eigenvalue weighted by molar-refractivity contribution is 6.11. The van der Waals surface area contributed by atoms with Crippen molar-refractivity contribution in [1.29, 1.82) is 5.26 Å². The first-order valence-electron chi connectivity index (χ1n) is 13.0. The second kappa shape index (κ2) is 11.4. The molecule has 7 heteroatoms. The van der Waals surface area contributed by atoms with Gasteiger partial charge >= 0.3 is 0 Å². The standard InChI is InChI=1S/C31H31N5O2/c1-2-36-19-25(20-36)35-31(38)24-12-13-26-27(18-34-28(26)16-24)30(37)29(23-6-4-3-5-7-23)33-15-14-21-8-10-22(17-32)11-9-21/h3-13,16,18,25,29,33-34H,2,14-15,19-20H2,1H3,(H,35,38). The Morgan fingerprint density at radius 1 is 1.08 bits per heavy atom. The zero-order valence-electron chi connectivity index (χ0n) is 21.4. The van der Waals surface area contributed by atoms with Crippen LogP contribution in [0.3, 0.4) is 0 Å². The van der Waals surface area contributed by atoms with Gasteiger partial charge in [0.25, 0.3) is 5.91 Å². The molecule has 0 radical (unpaired) electrons. The predicted molar refractivity (Wildman–Crippen MR) is 148 cm³/mol. The molecule has 38 heavy (non-hydrogen) atoms. The third kappa shape index (κ3) is 5.52. The highest BCUT2D eigenvalue weighted by Gasteiger charge is 2.27. The number of hydrogen-bond donors (Lipinski definition) is 3. The number of Topliss-reactive ketones (excluding diaryl/α,β-unsaturated/α-hetero) is 1. The lowest BCUT2D eigenvalue weighted by Gasteiger charge is -2.38. The Hall–Kier alpha value is -4.25. The minimum absolute atomic E-state index is 0.0337. The predicted octanol–water partition coefficient (Wildman–Crippen LogP) is 4.23. The average molecular weight is 506 g/mol. The molecule has 192 valence electrons. The van der Waals surface area contributed by atoms with Crippen LogP contribution in [0.2, 0.25) is 0 Å². The van der Waals surface area contributed by atoms with Crippen molar-refractivity contribution >= 4 is 22.6 Å². The van der Waals surface area contributed by atoms with Crippen molar-refractivity contribution in [3.05, 3.63) is 107 Å². The van der Waals surface area contributed by atoms with Gasteiger partial charge in [-0.05, 0) is 48.4 Å². The maximum absolute atomic E-state index is 13.8. The number of rotatable bonds is 10. The van der Waals surface area contributed by atoms with Crippen molar-refractivity contribution in [2.75, 3.05) is 26.2 Å². The molecule has 7 nitrogen and oxygen atoms in total. The quantitative estimate of drug-likeness (QED) is 0.280. The number of hydrogen-bond acceptors (Lipinski definition) is 5. The molecule has 1 saturated heterocycles.